The van der Waals surface area contributed by atoms with Gasteiger partial charge in [-0.25, -0.2) is 9.13 Å². The fourth-order valence-electron chi connectivity index (χ4n) is 11.2. The number of carbonyl (C=O) groups is 4. The number of carbonyl (C=O) groups excluding carboxylic acids is 4. The van der Waals surface area contributed by atoms with Crippen molar-refractivity contribution >= 4 is 39.5 Å². The van der Waals surface area contributed by atoms with Crippen molar-refractivity contribution in [2.24, 2.45) is 5.92 Å². The number of hydrogen-bond acceptors (Lipinski definition) is 15. The summed E-state index contributed by atoms with van der Waals surface area (Å²) in [5.41, 5.74) is 0. The molecule has 0 saturated heterocycles. The highest BCUT2D eigenvalue weighted by Crippen LogP contribution is 2.45. The molecule has 0 fully saturated rings. The minimum absolute atomic E-state index is 0.107. The van der Waals surface area contributed by atoms with E-state index in [0.717, 1.165) is 102 Å². The van der Waals surface area contributed by atoms with Crippen molar-refractivity contribution in [2.45, 2.75) is 400 Å². The van der Waals surface area contributed by atoms with Crippen LogP contribution >= 0.6 is 15.6 Å². The third-order valence-corrected chi connectivity index (χ3v) is 18.9. The molecular weight excluding hydrogens is 1210 g/mol. The average molecular weight is 1350 g/mol. The molecule has 0 aliphatic heterocycles. The minimum atomic E-state index is -4.95. The number of hydrogen-bond donors (Lipinski definition) is 3. The maximum atomic E-state index is 13.0. The molecule has 546 valence electrons. The monoisotopic (exact) mass is 1350 g/mol. The Labute approximate surface area is 562 Å². The molecule has 0 radical (unpaired) electrons. The number of phosphoric ester groups is 2. The van der Waals surface area contributed by atoms with Crippen LogP contribution in [0.5, 0.6) is 0 Å². The number of rotatable bonds is 73. The average Bonchev–Trinajstić information content (AvgIpc) is 1.86. The first-order valence-electron chi connectivity index (χ1n) is 38.1. The smallest absolute Gasteiger partial charge is 0.462 e. The van der Waals surface area contributed by atoms with Crippen LogP contribution < -0.4 is 0 Å². The zero-order valence-corrected chi connectivity index (χ0v) is 61.5. The van der Waals surface area contributed by atoms with Gasteiger partial charge in [0.1, 0.15) is 19.3 Å². The maximum absolute atomic E-state index is 13.0. The summed E-state index contributed by atoms with van der Waals surface area (Å²) in [6.45, 7) is 7.20. The summed E-state index contributed by atoms with van der Waals surface area (Å²) in [4.78, 5) is 72.5. The first kappa shape index (κ1) is 90.1. The van der Waals surface area contributed by atoms with Crippen LogP contribution in [0.3, 0.4) is 0 Å². The topological polar surface area (TPSA) is 237 Å². The molecule has 5 atom stereocenters. The highest BCUT2D eigenvalue weighted by molar-refractivity contribution is 7.47. The van der Waals surface area contributed by atoms with Crippen LogP contribution in [-0.4, -0.2) is 96.7 Å². The lowest BCUT2D eigenvalue weighted by Crippen LogP contribution is -2.30. The molecule has 17 nitrogen and oxygen atoms in total. The van der Waals surface area contributed by atoms with Crippen LogP contribution in [0.4, 0.5) is 0 Å². The molecule has 0 heterocycles. The third-order valence-electron chi connectivity index (χ3n) is 17.0. The summed E-state index contributed by atoms with van der Waals surface area (Å²) in [5, 5.41) is 10.6. The van der Waals surface area contributed by atoms with Crippen LogP contribution in [0.1, 0.15) is 381 Å². The first-order chi connectivity index (χ1) is 44.5. The van der Waals surface area contributed by atoms with Crippen molar-refractivity contribution in [1.29, 1.82) is 0 Å². The fraction of sp³-hybridized carbons (Fsp3) is 0.945. The number of esters is 4. The summed E-state index contributed by atoms with van der Waals surface area (Å²) in [6, 6.07) is 0. The molecular formula is C73H142O17P2. The van der Waals surface area contributed by atoms with Gasteiger partial charge >= 0.3 is 39.5 Å². The number of unbranched alkanes of at least 4 members (excludes halogenated alkanes) is 45. The van der Waals surface area contributed by atoms with Gasteiger partial charge in [-0.15, -0.1) is 0 Å². The predicted molar refractivity (Wildman–Crippen MR) is 372 cm³/mol. The van der Waals surface area contributed by atoms with E-state index < -0.39 is 97.5 Å². The summed E-state index contributed by atoms with van der Waals surface area (Å²) in [6.07, 6.45) is 54.4. The molecule has 92 heavy (non-hydrogen) atoms. The lowest BCUT2D eigenvalue weighted by molar-refractivity contribution is -0.161. The van der Waals surface area contributed by atoms with Gasteiger partial charge in [-0.1, -0.05) is 330 Å². The van der Waals surface area contributed by atoms with E-state index in [4.69, 9.17) is 37.0 Å². The van der Waals surface area contributed by atoms with Crippen LogP contribution in [0.25, 0.3) is 0 Å². The second-order valence-corrected chi connectivity index (χ2v) is 29.7. The van der Waals surface area contributed by atoms with Crippen molar-refractivity contribution in [3.05, 3.63) is 0 Å². The molecule has 0 aromatic heterocycles. The Morgan fingerprint density at radius 1 is 0.293 bits per heavy atom. The number of aliphatic hydroxyl groups excluding tert-OH is 1. The molecule has 0 rings (SSSR count). The molecule has 3 N–H and O–H groups in total. The Hall–Kier alpha value is -1.94. The van der Waals surface area contributed by atoms with E-state index in [-0.39, 0.29) is 25.7 Å². The molecule has 0 amide bonds. The molecule has 0 spiro atoms. The SMILES string of the molecule is CCCCCCCCCCCCCCCCCCCCCCCCC(=O)O[C@H](COC(=O)CCCCCCCCCCC(C)C)COP(=O)(O)OC[C@@H](O)COP(=O)(O)OC[C@@H](COC(=O)CCCCCCCCCC)OC(=O)CCCCCCCCCCCCC. The van der Waals surface area contributed by atoms with Gasteiger partial charge in [-0.3, -0.25) is 37.3 Å². The van der Waals surface area contributed by atoms with Crippen LogP contribution in [-0.2, 0) is 65.4 Å². The van der Waals surface area contributed by atoms with Gasteiger partial charge in [0.25, 0.3) is 0 Å². The summed E-state index contributed by atoms with van der Waals surface area (Å²) in [5.74, 6) is -1.40. The van der Waals surface area contributed by atoms with Gasteiger partial charge in [0, 0.05) is 25.7 Å². The Morgan fingerprint density at radius 2 is 0.500 bits per heavy atom. The van der Waals surface area contributed by atoms with Crippen molar-refractivity contribution in [3.63, 3.8) is 0 Å². The lowest BCUT2D eigenvalue weighted by Gasteiger charge is -2.21. The number of aliphatic hydroxyl groups is 1. The zero-order chi connectivity index (χ0) is 67.7. The van der Waals surface area contributed by atoms with E-state index >= 15 is 0 Å². The summed E-state index contributed by atoms with van der Waals surface area (Å²) in [7, 11) is -9.90. The van der Waals surface area contributed by atoms with Crippen molar-refractivity contribution in [2.75, 3.05) is 39.6 Å². The van der Waals surface area contributed by atoms with Crippen molar-refractivity contribution in [3.8, 4) is 0 Å². The largest absolute Gasteiger partial charge is 0.472 e. The van der Waals surface area contributed by atoms with Gasteiger partial charge in [0.15, 0.2) is 12.2 Å². The first-order valence-corrected chi connectivity index (χ1v) is 41.1. The second-order valence-electron chi connectivity index (χ2n) is 26.8. The summed E-state index contributed by atoms with van der Waals surface area (Å²) < 4.78 is 68.3. The van der Waals surface area contributed by atoms with E-state index in [1.807, 2.05) is 0 Å². The maximum Gasteiger partial charge on any atom is 0.472 e. The molecule has 0 saturated carbocycles. The van der Waals surface area contributed by atoms with E-state index in [9.17, 15) is 43.2 Å². The highest BCUT2D eigenvalue weighted by atomic mass is 31.2. The molecule has 0 aromatic rings. The Kier molecular flexibility index (Phi) is 64.9. The third kappa shape index (κ3) is 66.7. The standard InChI is InChI=1S/C73H142O17P2/c1-6-9-12-15-18-21-23-24-25-26-27-28-29-30-31-32-33-35-37-44-49-54-59-73(78)90-69(63-84-71(76)57-52-47-42-39-38-40-45-50-55-66(4)5)65-88-92(81,82)86-61-67(74)60-85-91(79,80)87-64-68(62-83-70(75)56-51-46-41-20-17-14-11-8-3)89-72(77)58-53-48-43-36-34-22-19-16-13-10-7-2/h66-69,74H,6-65H2,1-5H3,(H,79,80)(H,81,82)/t67-,68+,69+/m0/s1. The van der Waals surface area contributed by atoms with Crippen molar-refractivity contribution in [1.82, 2.24) is 0 Å². The predicted octanol–water partition coefficient (Wildman–Crippen LogP) is 21.3. The normalized spacial score (nSPS) is 14.0. The zero-order valence-electron chi connectivity index (χ0n) is 59.7. The van der Waals surface area contributed by atoms with E-state index in [1.165, 1.54) is 199 Å². The number of ether oxygens (including phenoxy) is 4. The van der Waals surface area contributed by atoms with Gasteiger partial charge < -0.3 is 33.8 Å². The fourth-order valence-corrected chi connectivity index (χ4v) is 12.8. The minimum Gasteiger partial charge on any atom is -0.462 e. The van der Waals surface area contributed by atoms with Crippen LogP contribution in [0, 0.1) is 5.92 Å². The Morgan fingerprint density at radius 3 is 0.739 bits per heavy atom. The van der Waals surface area contributed by atoms with E-state index in [0.29, 0.717) is 25.7 Å². The van der Waals surface area contributed by atoms with Crippen molar-refractivity contribution < 1.29 is 80.2 Å². The van der Waals surface area contributed by atoms with Gasteiger partial charge in [0.05, 0.1) is 26.4 Å². The number of phosphoric acid groups is 2. The molecule has 0 aromatic carbocycles. The molecule has 0 aliphatic carbocycles. The van der Waals surface area contributed by atoms with Gasteiger partial charge in [-0.2, -0.15) is 0 Å². The molecule has 0 aliphatic rings. The Bertz CT molecular complexity index is 1770. The van der Waals surface area contributed by atoms with Gasteiger partial charge in [0.2, 0.25) is 0 Å². The second kappa shape index (κ2) is 66.3. The van der Waals surface area contributed by atoms with Gasteiger partial charge in [-0.05, 0) is 31.6 Å². The van der Waals surface area contributed by atoms with Crippen LogP contribution in [0.2, 0.25) is 0 Å². The highest BCUT2D eigenvalue weighted by Gasteiger charge is 2.30. The molecule has 2 unspecified atom stereocenters. The van der Waals surface area contributed by atoms with E-state index in [2.05, 4.69) is 34.6 Å². The quantitative estimate of drug-likeness (QED) is 0.0222. The molecule has 0 bridgehead atoms. The van der Waals surface area contributed by atoms with E-state index in [1.54, 1.807) is 0 Å². The Balaban J connectivity index is 5.13. The lowest BCUT2D eigenvalue weighted by atomic mass is 10.0. The van der Waals surface area contributed by atoms with Crippen LogP contribution in [0.15, 0.2) is 0 Å². The molecule has 19 heteroatoms. The summed E-state index contributed by atoms with van der Waals surface area (Å²) >= 11 is 0.